The minimum absolute atomic E-state index is 0.0374. The average molecular weight is 312 g/mol. The SMILES string of the molecule is CCOc1ncccc1C(=O)N1CCCC1c1cncc(C)n1. The van der Waals surface area contributed by atoms with Crippen molar-refractivity contribution < 1.29 is 9.53 Å². The van der Waals surface area contributed by atoms with E-state index in [2.05, 4.69) is 15.0 Å². The Kier molecular flexibility index (Phi) is 4.50. The molecule has 0 aromatic carbocycles. The van der Waals surface area contributed by atoms with E-state index in [1.54, 1.807) is 30.7 Å². The second-order valence-corrected chi connectivity index (χ2v) is 5.53. The van der Waals surface area contributed by atoms with Crippen LogP contribution in [-0.2, 0) is 0 Å². The molecule has 2 aromatic rings. The smallest absolute Gasteiger partial charge is 0.259 e. The Balaban J connectivity index is 1.89. The van der Waals surface area contributed by atoms with Crippen LogP contribution in [0.4, 0.5) is 0 Å². The zero-order chi connectivity index (χ0) is 16.2. The lowest BCUT2D eigenvalue weighted by atomic mass is 10.1. The number of rotatable bonds is 4. The number of amides is 1. The van der Waals surface area contributed by atoms with Crippen LogP contribution in [-0.4, -0.2) is 38.9 Å². The third-order valence-electron chi connectivity index (χ3n) is 3.91. The first-order chi connectivity index (χ1) is 11.2. The summed E-state index contributed by atoms with van der Waals surface area (Å²) in [7, 11) is 0. The lowest BCUT2D eigenvalue weighted by Crippen LogP contribution is -2.31. The van der Waals surface area contributed by atoms with Crippen molar-refractivity contribution in [2.75, 3.05) is 13.2 Å². The van der Waals surface area contributed by atoms with Gasteiger partial charge in [-0.3, -0.25) is 14.8 Å². The van der Waals surface area contributed by atoms with Gasteiger partial charge in [0.25, 0.3) is 5.91 Å². The quantitative estimate of drug-likeness (QED) is 0.868. The summed E-state index contributed by atoms with van der Waals surface area (Å²) in [5.74, 6) is 0.327. The molecule has 0 N–H and O–H groups in total. The fourth-order valence-electron chi connectivity index (χ4n) is 2.92. The number of likely N-dealkylation sites (tertiary alicyclic amines) is 1. The van der Waals surface area contributed by atoms with Gasteiger partial charge in [-0.25, -0.2) is 4.98 Å². The highest BCUT2D eigenvalue weighted by Gasteiger charge is 2.33. The van der Waals surface area contributed by atoms with E-state index in [0.29, 0.717) is 24.6 Å². The summed E-state index contributed by atoms with van der Waals surface area (Å²) in [6.45, 7) is 4.97. The lowest BCUT2D eigenvalue weighted by molar-refractivity contribution is 0.0727. The van der Waals surface area contributed by atoms with E-state index < -0.39 is 0 Å². The van der Waals surface area contributed by atoms with E-state index in [9.17, 15) is 4.79 Å². The van der Waals surface area contributed by atoms with E-state index in [4.69, 9.17) is 4.74 Å². The van der Waals surface area contributed by atoms with Crippen molar-refractivity contribution >= 4 is 5.91 Å². The number of aryl methyl sites for hydroxylation is 1. The van der Waals surface area contributed by atoms with Crippen molar-refractivity contribution in [2.24, 2.45) is 0 Å². The highest BCUT2D eigenvalue weighted by molar-refractivity contribution is 5.96. The number of hydrogen-bond donors (Lipinski definition) is 0. The number of ether oxygens (including phenoxy) is 1. The van der Waals surface area contributed by atoms with Crippen molar-refractivity contribution in [3.63, 3.8) is 0 Å². The Morgan fingerprint density at radius 3 is 3.09 bits per heavy atom. The zero-order valence-electron chi connectivity index (χ0n) is 13.4. The monoisotopic (exact) mass is 312 g/mol. The minimum Gasteiger partial charge on any atom is -0.477 e. The van der Waals surface area contributed by atoms with Crippen molar-refractivity contribution in [3.05, 3.63) is 47.7 Å². The topological polar surface area (TPSA) is 68.2 Å². The first-order valence-corrected chi connectivity index (χ1v) is 7.88. The Morgan fingerprint density at radius 1 is 1.43 bits per heavy atom. The largest absolute Gasteiger partial charge is 0.477 e. The molecule has 1 fully saturated rings. The van der Waals surface area contributed by atoms with Crippen molar-refractivity contribution in [1.82, 2.24) is 19.9 Å². The minimum atomic E-state index is -0.0626. The molecule has 0 bridgehead atoms. The van der Waals surface area contributed by atoms with Gasteiger partial charge in [0.05, 0.1) is 30.2 Å². The highest BCUT2D eigenvalue weighted by Crippen LogP contribution is 2.33. The van der Waals surface area contributed by atoms with Crippen LogP contribution in [0.15, 0.2) is 30.7 Å². The molecule has 120 valence electrons. The number of pyridine rings is 1. The first kappa shape index (κ1) is 15.4. The van der Waals surface area contributed by atoms with Crippen molar-refractivity contribution in [1.29, 1.82) is 0 Å². The Morgan fingerprint density at radius 2 is 2.30 bits per heavy atom. The third-order valence-corrected chi connectivity index (χ3v) is 3.91. The predicted molar refractivity (Wildman–Crippen MR) is 85.2 cm³/mol. The Bertz CT molecular complexity index is 704. The fraction of sp³-hybridized carbons (Fsp3) is 0.412. The molecule has 1 amide bonds. The van der Waals surface area contributed by atoms with Crippen LogP contribution in [0, 0.1) is 6.92 Å². The molecule has 1 atom stereocenters. The summed E-state index contributed by atoms with van der Waals surface area (Å²) >= 11 is 0. The second-order valence-electron chi connectivity index (χ2n) is 5.53. The Labute approximate surface area is 135 Å². The molecule has 0 radical (unpaired) electrons. The van der Waals surface area contributed by atoms with Gasteiger partial charge in [-0.05, 0) is 38.8 Å². The molecule has 0 spiro atoms. The van der Waals surface area contributed by atoms with Crippen molar-refractivity contribution in [2.45, 2.75) is 32.7 Å². The molecule has 0 aliphatic carbocycles. The van der Waals surface area contributed by atoms with Gasteiger partial charge >= 0.3 is 0 Å². The average Bonchev–Trinajstić information content (AvgIpc) is 3.05. The molecule has 1 saturated heterocycles. The summed E-state index contributed by atoms with van der Waals surface area (Å²) < 4.78 is 5.49. The van der Waals surface area contributed by atoms with Crippen LogP contribution in [0.5, 0.6) is 5.88 Å². The van der Waals surface area contributed by atoms with E-state index in [1.165, 1.54) is 0 Å². The molecule has 0 saturated carbocycles. The van der Waals surface area contributed by atoms with Gasteiger partial charge in [-0.15, -0.1) is 0 Å². The molecule has 1 aliphatic rings. The molecule has 1 unspecified atom stereocenters. The maximum atomic E-state index is 13.0. The summed E-state index contributed by atoms with van der Waals surface area (Å²) in [5, 5.41) is 0. The molecule has 3 heterocycles. The number of aromatic nitrogens is 3. The normalized spacial score (nSPS) is 17.3. The maximum Gasteiger partial charge on any atom is 0.259 e. The van der Waals surface area contributed by atoms with E-state index >= 15 is 0 Å². The molecule has 23 heavy (non-hydrogen) atoms. The van der Waals surface area contributed by atoms with Crippen LogP contribution >= 0.6 is 0 Å². The van der Waals surface area contributed by atoms with E-state index in [-0.39, 0.29) is 11.9 Å². The lowest BCUT2D eigenvalue weighted by Gasteiger charge is -2.24. The van der Waals surface area contributed by atoms with E-state index in [1.807, 2.05) is 18.7 Å². The molecule has 3 rings (SSSR count). The van der Waals surface area contributed by atoms with Gasteiger partial charge in [0, 0.05) is 18.9 Å². The van der Waals surface area contributed by atoms with E-state index in [0.717, 1.165) is 24.2 Å². The number of hydrogen-bond acceptors (Lipinski definition) is 5. The predicted octanol–water partition coefficient (Wildman–Crippen LogP) is 2.56. The van der Waals surface area contributed by atoms with Crippen LogP contribution in [0.1, 0.15) is 47.6 Å². The third kappa shape index (κ3) is 3.16. The van der Waals surface area contributed by atoms with Crippen LogP contribution in [0.2, 0.25) is 0 Å². The first-order valence-electron chi connectivity index (χ1n) is 7.88. The molecule has 6 nitrogen and oxygen atoms in total. The van der Waals surface area contributed by atoms with Crippen LogP contribution in [0.25, 0.3) is 0 Å². The number of nitrogens with zero attached hydrogens (tertiary/aromatic N) is 4. The molecular formula is C17H20N4O2. The second kappa shape index (κ2) is 6.73. The molecule has 2 aromatic heterocycles. The number of carbonyl (C=O) groups is 1. The van der Waals surface area contributed by atoms with Gasteiger partial charge in [0.1, 0.15) is 5.56 Å². The van der Waals surface area contributed by atoms with Crippen LogP contribution < -0.4 is 4.74 Å². The summed E-state index contributed by atoms with van der Waals surface area (Å²) in [6, 6.07) is 3.48. The number of carbonyl (C=O) groups excluding carboxylic acids is 1. The van der Waals surface area contributed by atoms with Gasteiger partial charge in [0.2, 0.25) is 5.88 Å². The molecule has 1 aliphatic heterocycles. The van der Waals surface area contributed by atoms with Gasteiger partial charge < -0.3 is 9.64 Å². The maximum absolute atomic E-state index is 13.0. The summed E-state index contributed by atoms with van der Waals surface area (Å²) in [6.07, 6.45) is 6.95. The molecular weight excluding hydrogens is 292 g/mol. The van der Waals surface area contributed by atoms with Gasteiger partial charge in [0.15, 0.2) is 0 Å². The van der Waals surface area contributed by atoms with Crippen molar-refractivity contribution in [3.8, 4) is 5.88 Å². The Hall–Kier alpha value is -2.50. The standard InChI is InChI=1S/C17H20N4O2/c1-3-23-16-13(6-4-8-19-16)17(22)21-9-5-7-15(21)14-11-18-10-12(2)20-14/h4,6,8,10-11,15H,3,5,7,9H2,1-2H3. The van der Waals surface area contributed by atoms with Crippen LogP contribution in [0.3, 0.4) is 0 Å². The van der Waals surface area contributed by atoms with Gasteiger partial charge in [-0.2, -0.15) is 0 Å². The molecule has 6 heteroatoms. The van der Waals surface area contributed by atoms with Gasteiger partial charge in [-0.1, -0.05) is 0 Å². The highest BCUT2D eigenvalue weighted by atomic mass is 16.5. The summed E-state index contributed by atoms with van der Waals surface area (Å²) in [4.78, 5) is 27.7. The zero-order valence-corrected chi connectivity index (χ0v) is 13.4. The summed E-state index contributed by atoms with van der Waals surface area (Å²) in [5.41, 5.74) is 2.21. The fourth-order valence-corrected chi connectivity index (χ4v) is 2.92.